The van der Waals surface area contributed by atoms with E-state index in [1.165, 1.54) is 18.2 Å². The van der Waals surface area contributed by atoms with Gasteiger partial charge < -0.3 is 15.2 Å². The molecule has 21 heavy (non-hydrogen) atoms. The van der Waals surface area contributed by atoms with Crippen LogP contribution in [-0.4, -0.2) is 29.1 Å². The Hall–Kier alpha value is -2.08. The average Bonchev–Trinajstić information content (AvgIpc) is 2.37. The monoisotopic (exact) mass is 313 g/mol. The molecule has 1 amide bonds. The lowest BCUT2D eigenvalue weighted by atomic mass is 10.2. The molecule has 114 valence electrons. The van der Waals surface area contributed by atoms with Gasteiger partial charge in [-0.3, -0.25) is 9.59 Å². The molecule has 0 heterocycles. The van der Waals surface area contributed by atoms with Crippen LogP contribution in [0.1, 0.15) is 37.0 Å². The molecule has 0 saturated heterocycles. The summed E-state index contributed by atoms with van der Waals surface area (Å²) in [6, 6.07) is 4.38. The van der Waals surface area contributed by atoms with Crippen molar-refractivity contribution in [3.8, 4) is 0 Å². The highest BCUT2D eigenvalue weighted by molar-refractivity contribution is 6.33. The van der Waals surface area contributed by atoms with Crippen LogP contribution in [0.5, 0.6) is 0 Å². The number of amides is 1. The molecule has 0 aliphatic heterocycles. The molecule has 0 aliphatic carbocycles. The molecule has 0 radical (unpaired) electrons. The minimum Gasteiger partial charge on any atom is -0.481 e. The minimum atomic E-state index is -1.05. The number of carbonyl (C=O) groups excluding carboxylic acids is 2. The van der Waals surface area contributed by atoms with Gasteiger partial charge in [0.1, 0.15) is 0 Å². The predicted molar refractivity (Wildman–Crippen MR) is 77.5 cm³/mol. The van der Waals surface area contributed by atoms with Crippen molar-refractivity contribution in [2.75, 3.05) is 5.32 Å². The molecule has 0 aromatic heterocycles. The Kier molecular flexibility index (Phi) is 6.17. The Bertz CT molecular complexity index is 556. The van der Waals surface area contributed by atoms with Crippen molar-refractivity contribution < 1.29 is 24.2 Å². The predicted octanol–water partition coefficient (Wildman–Crippen LogP) is 2.71. The first-order valence-electron chi connectivity index (χ1n) is 6.31. The van der Waals surface area contributed by atoms with Gasteiger partial charge in [0.15, 0.2) is 0 Å². The van der Waals surface area contributed by atoms with E-state index in [0.29, 0.717) is 5.69 Å². The van der Waals surface area contributed by atoms with E-state index in [4.69, 9.17) is 21.4 Å². The molecule has 0 spiro atoms. The van der Waals surface area contributed by atoms with Crippen molar-refractivity contribution in [1.29, 1.82) is 0 Å². The molecule has 2 N–H and O–H groups in total. The Morgan fingerprint density at radius 1 is 1.29 bits per heavy atom. The lowest BCUT2D eigenvalue weighted by molar-refractivity contribution is -0.138. The highest BCUT2D eigenvalue weighted by Crippen LogP contribution is 2.22. The van der Waals surface area contributed by atoms with Gasteiger partial charge in [0, 0.05) is 12.1 Å². The SMILES string of the molecule is CC(C)OC(=O)c1cc(NC(=O)CCC(=O)O)ccc1Cl. The second kappa shape index (κ2) is 7.64. The van der Waals surface area contributed by atoms with Gasteiger partial charge in [0.05, 0.1) is 23.1 Å². The molecule has 0 unspecified atom stereocenters. The smallest absolute Gasteiger partial charge is 0.339 e. The number of rotatable bonds is 6. The van der Waals surface area contributed by atoms with E-state index >= 15 is 0 Å². The van der Waals surface area contributed by atoms with Crippen LogP contribution in [0.25, 0.3) is 0 Å². The van der Waals surface area contributed by atoms with Crippen molar-refractivity contribution in [2.24, 2.45) is 0 Å². The Labute approximate surface area is 127 Å². The van der Waals surface area contributed by atoms with Crippen LogP contribution in [0.4, 0.5) is 5.69 Å². The second-order valence-corrected chi connectivity index (χ2v) is 5.00. The van der Waals surface area contributed by atoms with Gasteiger partial charge in [-0.15, -0.1) is 0 Å². The zero-order valence-electron chi connectivity index (χ0n) is 11.7. The van der Waals surface area contributed by atoms with E-state index in [1.54, 1.807) is 13.8 Å². The van der Waals surface area contributed by atoms with E-state index in [9.17, 15) is 14.4 Å². The van der Waals surface area contributed by atoms with Crippen LogP contribution in [0.3, 0.4) is 0 Å². The average molecular weight is 314 g/mol. The molecule has 7 heteroatoms. The van der Waals surface area contributed by atoms with Crippen molar-refractivity contribution in [1.82, 2.24) is 0 Å². The van der Waals surface area contributed by atoms with Crippen LogP contribution in [-0.2, 0) is 14.3 Å². The standard InChI is InChI=1S/C14H16ClNO5/c1-8(2)21-14(20)10-7-9(3-4-11(10)15)16-12(17)5-6-13(18)19/h3-4,7-8H,5-6H2,1-2H3,(H,16,17)(H,18,19). The van der Waals surface area contributed by atoms with Crippen LogP contribution in [0, 0.1) is 0 Å². The summed E-state index contributed by atoms with van der Waals surface area (Å²) in [6.07, 6.45) is -0.701. The minimum absolute atomic E-state index is 0.140. The van der Waals surface area contributed by atoms with Crippen molar-refractivity contribution in [3.05, 3.63) is 28.8 Å². The Morgan fingerprint density at radius 3 is 2.52 bits per heavy atom. The normalized spacial score (nSPS) is 10.3. The number of aliphatic carboxylic acids is 1. The molecular formula is C14H16ClNO5. The summed E-state index contributed by atoms with van der Waals surface area (Å²) in [7, 11) is 0. The third-order valence-electron chi connectivity index (χ3n) is 2.38. The molecule has 0 bridgehead atoms. The molecule has 1 rings (SSSR count). The van der Waals surface area contributed by atoms with Gasteiger partial charge in [-0.2, -0.15) is 0 Å². The van der Waals surface area contributed by atoms with E-state index in [0.717, 1.165) is 0 Å². The maximum absolute atomic E-state index is 11.8. The van der Waals surface area contributed by atoms with Crippen molar-refractivity contribution >= 4 is 35.1 Å². The van der Waals surface area contributed by atoms with E-state index in [1.807, 2.05) is 0 Å². The van der Waals surface area contributed by atoms with Crippen LogP contribution < -0.4 is 5.32 Å². The second-order valence-electron chi connectivity index (χ2n) is 4.59. The summed E-state index contributed by atoms with van der Waals surface area (Å²) in [4.78, 5) is 33.8. The molecule has 1 aromatic rings. The fourth-order valence-corrected chi connectivity index (χ4v) is 1.68. The molecular weight excluding hydrogens is 298 g/mol. The summed E-state index contributed by atoms with van der Waals surface area (Å²) in [5.41, 5.74) is 0.492. The summed E-state index contributed by atoms with van der Waals surface area (Å²) in [6.45, 7) is 3.42. The highest BCUT2D eigenvalue weighted by atomic mass is 35.5. The zero-order chi connectivity index (χ0) is 16.0. The number of hydrogen-bond acceptors (Lipinski definition) is 4. The van der Waals surface area contributed by atoms with Crippen LogP contribution >= 0.6 is 11.6 Å². The zero-order valence-corrected chi connectivity index (χ0v) is 12.4. The number of ether oxygens (including phenoxy) is 1. The first kappa shape index (κ1) is 17.0. The topological polar surface area (TPSA) is 92.7 Å². The Morgan fingerprint density at radius 2 is 1.95 bits per heavy atom. The van der Waals surface area contributed by atoms with Gasteiger partial charge in [-0.1, -0.05) is 11.6 Å². The van der Waals surface area contributed by atoms with E-state index < -0.39 is 17.8 Å². The van der Waals surface area contributed by atoms with E-state index in [2.05, 4.69) is 5.32 Å². The first-order valence-corrected chi connectivity index (χ1v) is 6.69. The number of hydrogen-bond donors (Lipinski definition) is 2. The first-order chi connectivity index (χ1) is 9.79. The van der Waals surface area contributed by atoms with E-state index in [-0.39, 0.29) is 29.5 Å². The van der Waals surface area contributed by atoms with Gasteiger partial charge in [-0.25, -0.2) is 4.79 Å². The number of halogens is 1. The van der Waals surface area contributed by atoms with Crippen LogP contribution in [0.2, 0.25) is 5.02 Å². The largest absolute Gasteiger partial charge is 0.481 e. The van der Waals surface area contributed by atoms with Gasteiger partial charge >= 0.3 is 11.9 Å². The number of benzene rings is 1. The van der Waals surface area contributed by atoms with Gasteiger partial charge in [0.2, 0.25) is 5.91 Å². The fraction of sp³-hybridized carbons (Fsp3) is 0.357. The molecule has 1 aromatic carbocycles. The van der Waals surface area contributed by atoms with Crippen molar-refractivity contribution in [2.45, 2.75) is 32.8 Å². The summed E-state index contributed by atoms with van der Waals surface area (Å²) >= 11 is 5.92. The lowest BCUT2D eigenvalue weighted by Crippen LogP contribution is -2.15. The number of esters is 1. The van der Waals surface area contributed by atoms with Gasteiger partial charge in [0.25, 0.3) is 0 Å². The third kappa shape index (κ3) is 5.83. The molecule has 0 atom stereocenters. The lowest BCUT2D eigenvalue weighted by Gasteiger charge is -2.11. The maximum atomic E-state index is 11.8. The number of carbonyl (C=O) groups is 3. The quantitative estimate of drug-likeness (QED) is 0.788. The van der Waals surface area contributed by atoms with Crippen molar-refractivity contribution in [3.63, 3.8) is 0 Å². The number of anilines is 1. The molecule has 0 aliphatic rings. The number of carboxylic acids is 1. The number of nitrogens with one attached hydrogen (secondary N) is 1. The fourth-order valence-electron chi connectivity index (χ4n) is 1.48. The highest BCUT2D eigenvalue weighted by Gasteiger charge is 2.15. The molecule has 0 saturated carbocycles. The van der Waals surface area contributed by atoms with Gasteiger partial charge in [-0.05, 0) is 32.0 Å². The summed E-state index contributed by atoms with van der Waals surface area (Å²) in [5.74, 6) is -2.10. The maximum Gasteiger partial charge on any atom is 0.339 e. The summed E-state index contributed by atoms with van der Waals surface area (Å²) < 4.78 is 5.04. The Balaban J connectivity index is 2.79. The van der Waals surface area contributed by atoms with Crippen LogP contribution in [0.15, 0.2) is 18.2 Å². The molecule has 6 nitrogen and oxygen atoms in total. The molecule has 0 fully saturated rings. The summed E-state index contributed by atoms with van der Waals surface area (Å²) in [5, 5.41) is 11.2. The number of carboxylic acid groups (broad SMARTS) is 1. The third-order valence-corrected chi connectivity index (χ3v) is 2.71.